The number of Topliss-reactive ketones (excluding diaryl/α,β-unsaturated/α-hetero) is 3. The number of hydrogen-bond acceptors (Lipinski definition) is 5. The van der Waals surface area contributed by atoms with Gasteiger partial charge in [-0.3, -0.25) is 14.4 Å². The molecule has 27 heavy (non-hydrogen) atoms. The van der Waals surface area contributed by atoms with E-state index >= 15 is 0 Å². The number of halogens is 2. The Balaban J connectivity index is 1.64. The molecule has 0 saturated heterocycles. The van der Waals surface area contributed by atoms with E-state index in [4.69, 9.17) is 32.7 Å². The van der Waals surface area contributed by atoms with E-state index in [1.54, 1.807) is 42.5 Å². The standard InChI is InChI=1S/C20H16Cl2O5/c1-11(20(25)19-16(23)7-8-17(19)24)26-13-3-5-14(6-4-13)27-18-9-2-12(21)10-15(18)22/h2-6,9-11,19H,7-8H2,1H3. The fourth-order valence-corrected chi connectivity index (χ4v) is 3.25. The zero-order valence-corrected chi connectivity index (χ0v) is 15.9. The SMILES string of the molecule is CC(Oc1ccc(Oc2ccc(Cl)cc2Cl)cc1)C(=O)C1C(=O)CCC1=O. The second-order valence-corrected chi connectivity index (χ2v) is 7.02. The van der Waals surface area contributed by atoms with E-state index in [0.29, 0.717) is 27.3 Å². The van der Waals surface area contributed by atoms with Crippen molar-refractivity contribution in [3.63, 3.8) is 0 Å². The first-order valence-electron chi connectivity index (χ1n) is 8.34. The number of carbonyl (C=O) groups is 3. The maximum atomic E-state index is 12.3. The molecule has 2 aromatic rings. The van der Waals surface area contributed by atoms with Gasteiger partial charge in [0.1, 0.15) is 23.2 Å². The minimum atomic E-state index is -1.19. The summed E-state index contributed by atoms with van der Waals surface area (Å²) in [6.45, 7) is 1.53. The first-order chi connectivity index (χ1) is 12.8. The van der Waals surface area contributed by atoms with Crippen LogP contribution in [-0.4, -0.2) is 23.5 Å². The van der Waals surface area contributed by atoms with E-state index in [2.05, 4.69) is 0 Å². The number of ether oxygens (including phenoxy) is 2. The lowest BCUT2D eigenvalue weighted by Crippen LogP contribution is -2.35. The van der Waals surface area contributed by atoms with Crippen LogP contribution in [0, 0.1) is 5.92 Å². The topological polar surface area (TPSA) is 69.7 Å². The highest BCUT2D eigenvalue weighted by Gasteiger charge is 2.41. The lowest BCUT2D eigenvalue weighted by molar-refractivity contribution is -0.139. The average molecular weight is 407 g/mol. The molecule has 0 radical (unpaired) electrons. The van der Waals surface area contributed by atoms with Gasteiger partial charge in [-0.05, 0) is 49.4 Å². The molecule has 1 saturated carbocycles. The molecule has 3 rings (SSSR count). The Kier molecular flexibility index (Phi) is 5.82. The van der Waals surface area contributed by atoms with Gasteiger partial charge >= 0.3 is 0 Å². The van der Waals surface area contributed by atoms with Crippen molar-refractivity contribution in [3.8, 4) is 17.2 Å². The van der Waals surface area contributed by atoms with Crippen LogP contribution in [0.2, 0.25) is 10.0 Å². The summed E-state index contributed by atoms with van der Waals surface area (Å²) >= 11 is 11.9. The predicted octanol–water partition coefficient (Wildman–Crippen LogP) is 4.67. The van der Waals surface area contributed by atoms with E-state index in [1.807, 2.05) is 0 Å². The van der Waals surface area contributed by atoms with E-state index in [-0.39, 0.29) is 24.4 Å². The van der Waals surface area contributed by atoms with Crippen LogP contribution in [0.25, 0.3) is 0 Å². The summed E-state index contributed by atoms with van der Waals surface area (Å²) in [6, 6.07) is 11.5. The van der Waals surface area contributed by atoms with Crippen molar-refractivity contribution in [2.45, 2.75) is 25.9 Å². The van der Waals surface area contributed by atoms with Gasteiger partial charge in [0.2, 0.25) is 0 Å². The quantitative estimate of drug-likeness (QED) is 0.651. The monoisotopic (exact) mass is 406 g/mol. The largest absolute Gasteiger partial charge is 0.483 e. The Morgan fingerprint density at radius 3 is 2.19 bits per heavy atom. The summed E-state index contributed by atoms with van der Waals surface area (Å²) in [4.78, 5) is 35.8. The van der Waals surface area contributed by atoms with Crippen molar-refractivity contribution in [3.05, 3.63) is 52.5 Å². The Morgan fingerprint density at radius 1 is 1.00 bits per heavy atom. The third-order valence-corrected chi connectivity index (χ3v) is 4.74. The van der Waals surface area contributed by atoms with Gasteiger partial charge in [0.25, 0.3) is 0 Å². The lowest BCUT2D eigenvalue weighted by Gasteiger charge is -2.16. The maximum absolute atomic E-state index is 12.3. The molecule has 5 nitrogen and oxygen atoms in total. The second-order valence-electron chi connectivity index (χ2n) is 6.18. The zero-order chi connectivity index (χ0) is 19.6. The molecule has 0 amide bonds. The summed E-state index contributed by atoms with van der Waals surface area (Å²) < 4.78 is 11.3. The van der Waals surface area contributed by atoms with Crippen molar-refractivity contribution in [2.24, 2.45) is 5.92 Å². The molecule has 1 fully saturated rings. The van der Waals surface area contributed by atoms with Gasteiger partial charge in [-0.2, -0.15) is 0 Å². The summed E-state index contributed by atoms with van der Waals surface area (Å²) in [5.74, 6) is -0.954. The summed E-state index contributed by atoms with van der Waals surface area (Å²) in [7, 11) is 0. The number of hydrogen-bond donors (Lipinski definition) is 0. The number of carbonyl (C=O) groups excluding carboxylic acids is 3. The van der Waals surface area contributed by atoms with Crippen LogP contribution in [0.15, 0.2) is 42.5 Å². The smallest absolute Gasteiger partial charge is 0.190 e. The van der Waals surface area contributed by atoms with Crippen molar-refractivity contribution >= 4 is 40.6 Å². The molecule has 1 atom stereocenters. The fraction of sp³-hybridized carbons (Fsp3) is 0.250. The molecular weight excluding hydrogens is 391 g/mol. The van der Waals surface area contributed by atoms with Gasteiger partial charge in [0.15, 0.2) is 23.5 Å². The Bertz CT molecular complexity index is 876. The van der Waals surface area contributed by atoms with Crippen LogP contribution in [0.5, 0.6) is 17.2 Å². The van der Waals surface area contributed by atoms with E-state index in [1.165, 1.54) is 6.92 Å². The van der Waals surface area contributed by atoms with Crippen molar-refractivity contribution in [1.82, 2.24) is 0 Å². The zero-order valence-electron chi connectivity index (χ0n) is 14.4. The van der Waals surface area contributed by atoms with Gasteiger partial charge in [-0.1, -0.05) is 23.2 Å². The molecule has 140 valence electrons. The third kappa shape index (κ3) is 4.49. The second kappa shape index (κ2) is 8.11. The first kappa shape index (κ1) is 19.4. The summed E-state index contributed by atoms with van der Waals surface area (Å²) in [5, 5.41) is 0.891. The minimum Gasteiger partial charge on any atom is -0.483 e. The number of benzene rings is 2. The fourth-order valence-electron chi connectivity index (χ4n) is 2.80. The summed E-state index contributed by atoms with van der Waals surface area (Å²) in [5.41, 5.74) is 0. The Morgan fingerprint density at radius 2 is 1.59 bits per heavy atom. The van der Waals surface area contributed by atoms with Crippen molar-refractivity contribution in [1.29, 1.82) is 0 Å². The molecule has 0 N–H and O–H groups in total. The van der Waals surface area contributed by atoms with Crippen LogP contribution in [0.3, 0.4) is 0 Å². The Hall–Kier alpha value is -2.37. The minimum absolute atomic E-state index is 0.126. The molecule has 0 heterocycles. The van der Waals surface area contributed by atoms with E-state index in [0.717, 1.165) is 0 Å². The van der Waals surface area contributed by atoms with Gasteiger partial charge in [-0.25, -0.2) is 0 Å². The maximum Gasteiger partial charge on any atom is 0.190 e. The van der Waals surface area contributed by atoms with Crippen molar-refractivity contribution in [2.75, 3.05) is 0 Å². The molecule has 1 aliphatic carbocycles. The van der Waals surface area contributed by atoms with Gasteiger partial charge < -0.3 is 9.47 Å². The number of ketones is 3. The molecule has 0 bridgehead atoms. The molecule has 1 unspecified atom stereocenters. The van der Waals surface area contributed by atoms with Crippen LogP contribution in [-0.2, 0) is 14.4 Å². The first-order valence-corrected chi connectivity index (χ1v) is 9.09. The molecule has 1 aliphatic rings. The molecule has 0 aliphatic heterocycles. The molecule has 2 aromatic carbocycles. The van der Waals surface area contributed by atoms with E-state index < -0.39 is 17.8 Å². The molecule has 0 aromatic heterocycles. The predicted molar refractivity (Wildman–Crippen MR) is 101 cm³/mol. The summed E-state index contributed by atoms with van der Waals surface area (Å²) in [6.07, 6.45) is -0.652. The highest BCUT2D eigenvalue weighted by Crippen LogP contribution is 2.32. The molecule has 0 spiro atoms. The Labute approximate surface area is 166 Å². The van der Waals surface area contributed by atoms with Gasteiger partial charge in [0, 0.05) is 17.9 Å². The number of rotatable bonds is 6. The lowest BCUT2D eigenvalue weighted by atomic mass is 9.97. The molecule has 7 heteroatoms. The highest BCUT2D eigenvalue weighted by atomic mass is 35.5. The average Bonchev–Trinajstić information content (AvgIpc) is 2.97. The van der Waals surface area contributed by atoms with E-state index in [9.17, 15) is 14.4 Å². The van der Waals surface area contributed by atoms with Crippen LogP contribution >= 0.6 is 23.2 Å². The van der Waals surface area contributed by atoms with Gasteiger partial charge in [-0.15, -0.1) is 0 Å². The molecular formula is C20H16Cl2O5. The third-order valence-electron chi connectivity index (χ3n) is 4.21. The highest BCUT2D eigenvalue weighted by molar-refractivity contribution is 6.35. The van der Waals surface area contributed by atoms with Crippen LogP contribution in [0.4, 0.5) is 0 Å². The normalized spacial score (nSPS) is 15.7. The van der Waals surface area contributed by atoms with Gasteiger partial charge in [0.05, 0.1) is 5.02 Å². The van der Waals surface area contributed by atoms with Crippen LogP contribution < -0.4 is 9.47 Å². The van der Waals surface area contributed by atoms with Crippen LogP contribution in [0.1, 0.15) is 19.8 Å². The van der Waals surface area contributed by atoms with Crippen molar-refractivity contribution < 1.29 is 23.9 Å².